The highest BCUT2D eigenvalue weighted by Crippen LogP contribution is 1.88. The predicted octanol–water partition coefficient (Wildman–Crippen LogP) is 3.20. The fourth-order valence-corrected chi connectivity index (χ4v) is 0.426. The van der Waals surface area contributed by atoms with E-state index in [1.54, 1.807) is 12.4 Å². The second-order valence-corrected chi connectivity index (χ2v) is 2.52. The molecule has 1 nitrogen and oxygen atoms in total. The molecule has 1 aromatic rings. The van der Waals surface area contributed by atoms with Gasteiger partial charge < -0.3 is 0 Å². The summed E-state index contributed by atoms with van der Waals surface area (Å²) in [5.74, 6) is 0. The van der Waals surface area contributed by atoms with Crippen molar-refractivity contribution in [3.63, 3.8) is 0 Å². The van der Waals surface area contributed by atoms with Crippen LogP contribution in [-0.2, 0) is 0 Å². The van der Waals surface area contributed by atoms with E-state index in [1.165, 1.54) is 18.4 Å². The molecule has 0 aliphatic heterocycles. The van der Waals surface area contributed by atoms with Gasteiger partial charge in [-0.3, -0.25) is 4.98 Å². The summed E-state index contributed by atoms with van der Waals surface area (Å²) >= 11 is 0. The Morgan fingerprint density at radius 3 is 1.73 bits per heavy atom. The van der Waals surface area contributed by atoms with Gasteiger partial charge in [-0.15, -0.1) is 0 Å². The Morgan fingerprint density at radius 1 is 1.09 bits per heavy atom. The van der Waals surface area contributed by atoms with E-state index in [0.717, 1.165) is 0 Å². The van der Waals surface area contributed by atoms with Crippen molar-refractivity contribution in [2.75, 3.05) is 0 Å². The van der Waals surface area contributed by atoms with Crippen molar-refractivity contribution in [3.05, 3.63) is 30.1 Å². The molecule has 0 spiro atoms. The molecule has 0 aliphatic rings. The zero-order valence-electron chi connectivity index (χ0n) is 7.67. The lowest BCUT2D eigenvalue weighted by Gasteiger charge is -1.82. The summed E-state index contributed by atoms with van der Waals surface area (Å²) in [4.78, 5) is 3.85. The largest absolute Gasteiger partial charge is 0.265 e. The molecule has 1 aromatic heterocycles. The molecule has 1 rings (SSSR count). The van der Waals surface area contributed by atoms with Gasteiger partial charge in [-0.1, -0.05) is 26.7 Å². The van der Waals surface area contributed by atoms with E-state index in [9.17, 15) is 0 Å². The Hall–Kier alpha value is -0.850. The molecule has 0 N–H and O–H groups in total. The van der Waals surface area contributed by atoms with E-state index in [4.69, 9.17) is 0 Å². The van der Waals surface area contributed by atoms with E-state index < -0.39 is 0 Å². The monoisotopic (exact) mass is 151 g/mol. The van der Waals surface area contributed by atoms with Crippen LogP contribution in [0.25, 0.3) is 0 Å². The van der Waals surface area contributed by atoms with Gasteiger partial charge in [0.05, 0.1) is 0 Å². The minimum absolute atomic E-state index is 1.26. The maximum absolute atomic E-state index is 3.85. The highest BCUT2D eigenvalue weighted by atomic mass is 14.6. The van der Waals surface area contributed by atoms with Crippen molar-refractivity contribution in [2.45, 2.75) is 33.6 Å². The van der Waals surface area contributed by atoms with Crippen LogP contribution in [0, 0.1) is 6.92 Å². The van der Waals surface area contributed by atoms with Gasteiger partial charge in [-0.05, 0) is 24.6 Å². The molecule has 0 fully saturated rings. The molecule has 0 unspecified atom stereocenters. The lowest BCUT2D eigenvalue weighted by atomic mass is 10.3. The van der Waals surface area contributed by atoms with Gasteiger partial charge in [0.15, 0.2) is 0 Å². The summed E-state index contributed by atoms with van der Waals surface area (Å²) < 4.78 is 0. The van der Waals surface area contributed by atoms with Crippen LogP contribution in [0.1, 0.15) is 32.3 Å². The molecule has 0 bridgehead atoms. The van der Waals surface area contributed by atoms with Crippen molar-refractivity contribution in [1.29, 1.82) is 0 Å². The first-order valence-corrected chi connectivity index (χ1v) is 4.17. The maximum Gasteiger partial charge on any atom is 0.0270 e. The normalized spacial score (nSPS) is 8.27. The van der Waals surface area contributed by atoms with Crippen LogP contribution in [0.15, 0.2) is 24.5 Å². The van der Waals surface area contributed by atoms with Gasteiger partial charge >= 0.3 is 0 Å². The molecule has 1 heteroatoms. The molecule has 0 saturated heterocycles. The molecule has 62 valence electrons. The lowest BCUT2D eigenvalue weighted by molar-refractivity contribution is 0.886. The summed E-state index contributed by atoms with van der Waals surface area (Å²) in [6.07, 6.45) is 6.21. The van der Waals surface area contributed by atoms with Crippen LogP contribution in [0.4, 0.5) is 0 Å². The van der Waals surface area contributed by atoms with Crippen molar-refractivity contribution < 1.29 is 0 Å². The first kappa shape index (κ1) is 10.2. The number of unbranched alkanes of at least 4 members (excludes halogenated alkanes) is 1. The second-order valence-electron chi connectivity index (χ2n) is 2.52. The molecule has 0 aliphatic carbocycles. The Kier molecular flexibility index (Phi) is 6.70. The average molecular weight is 151 g/mol. The molecule has 0 amide bonds. The van der Waals surface area contributed by atoms with Crippen LogP contribution in [0.2, 0.25) is 0 Å². The summed E-state index contributed by atoms with van der Waals surface area (Å²) in [6, 6.07) is 3.94. The number of pyridine rings is 1. The Balaban J connectivity index is 0.000000218. The van der Waals surface area contributed by atoms with E-state index in [-0.39, 0.29) is 0 Å². The number of hydrogen-bond acceptors (Lipinski definition) is 1. The highest BCUT2D eigenvalue weighted by Gasteiger charge is 1.72. The SMILES string of the molecule is CCCC.Cc1ccncc1. The minimum Gasteiger partial charge on any atom is -0.265 e. The molecule has 0 saturated carbocycles. The molecular weight excluding hydrogens is 134 g/mol. The molecule has 11 heavy (non-hydrogen) atoms. The van der Waals surface area contributed by atoms with Gasteiger partial charge in [0.25, 0.3) is 0 Å². The summed E-state index contributed by atoms with van der Waals surface area (Å²) in [7, 11) is 0. The molecule has 0 atom stereocenters. The number of rotatable bonds is 1. The third-order valence-corrected chi connectivity index (χ3v) is 1.35. The topological polar surface area (TPSA) is 12.9 Å². The van der Waals surface area contributed by atoms with Gasteiger partial charge in [0.2, 0.25) is 0 Å². The Bertz CT molecular complexity index is 156. The molecule has 0 aromatic carbocycles. The maximum atomic E-state index is 3.85. The van der Waals surface area contributed by atoms with Gasteiger partial charge in [-0.25, -0.2) is 0 Å². The predicted molar refractivity (Wildman–Crippen MR) is 49.6 cm³/mol. The van der Waals surface area contributed by atoms with Crippen LogP contribution in [-0.4, -0.2) is 4.98 Å². The summed E-state index contributed by atoms with van der Waals surface area (Å²) in [5.41, 5.74) is 1.26. The van der Waals surface area contributed by atoms with Crippen LogP contribution in [0.3, 0.4) is 0 Å². The third kappa shape index (κ3) is 7.04. The van der Waals surface area contributed by atoms with E-state index in [0.29, 0.717) is 0 Å². The van der Waals surface area contributed by atoms with E-state index >= 15 is 0 Å². The highest BCUT2D eigenvalue weighted by molar-refractivity contribution is 5.05. The lowest BCUT2D eigenvalue weighted by Crippen LogP contribution is -1.68. The number of aryl methyl sites for hydroxylation is 1. The number of hydrogen-bond donors (Lipinski definition) is 0. The van der Waals surface area contributed by atoms with Crippen molar-refractivity contribution in [3.8, 4) is 0 Å². The molecule has 0 radical (unpaired) electrons. The third-order valence-electron chi connectivity index (χ3n) is 1.35. The summed E-state index contributed by atoms with van der Waals surface area (Å²) in [5, 5.41) is 0. The quantitative estimate of drug-likeness (QED) is 0.600. The van der Waals surface area contributed by atoms with Crippen LogP contribution < -0.4 is 0 Å². The second kappa shape index (κ2) is 7.26. The van der Waals surface area contributed by atoms with Crippen molar-refractivity contribution >= 4 is 0 Å². The van der Waals surface area contributed by atoms with Gasteiger partial charge in [0.1, 0.15) is 0 Å². The zero-order chi connectivity index (χ0) is 8.53. The van der Waals surface area contributed by atoms with Crippen LogP contribution in [0.5, 0.6) is 0 Å². The zero-order valence-corrected chi connectivity index (χ0v) is 7.67. The minimum atomic E-state index is 1.26. The number of aromatic nitrogens is 1. The Labute approximate surface area is 69.5 Å². The number of nitrogens with zero attached hydrogens (tertiary/aromatic N) is 1. The van der Waals surface area contributed by atoms with Crippen LogP contribution >= 0.6 is 0 Å². The standard InChI is InChI=1S/C6H7N.C4H10/c1-6-2-4-7-5-3-6;1-3-4-2/h2-5H,1H3;3-4H2,1-2H3. The fraction of sp³-hybridized carbons (Fsp3) is 0.500. The first-order valence-electron chi connectivity index (χ1n) is 4.17. The summed E-state index contributed by atoms with van der Waals surface area (Å²) in [6.45, 7) is 6.40. The average Bonchev–Trinajstić information content (AvgIpc) is 2.07. The smallest absolute Gasteiger partial charge is 0.0270 e. The first-order chi connectivity index (χ1) is 5.31. The fourth-order valence-electron chi connectivity index (χ4n) is 0.426. The van der Waals surface area contributed by atoms with E-state index in [2.05, 4.69) is 18.8 Å². The van der Waals surface area contributed by atoms with Crippen molar-refractivity contribution in [2.24, 2.45) is 0 Å². The van der Waals surface area contributed by atoms with E-state index in [1.807, 2.05) is 19.1 Å². The van der Waals surface area contributed by atoms with Gasteiger partial charge in [0, 0.05) is 12.4 Å². The van der Waals surface area contributed by atoms with Crippen molar-refractivity contribution in [1.82, 2.24) is 4.98 Å². The van der Waals surface area contributed by atoms with Gasteiger partial charge in [-0.2, -0.15) is 0 Å². The molecule has 1 heterocycles. The molecular formula is C10H17N. The Morgan fingerprint density at radius 2 is 1.55 bits per heavy atom.